The number of nitrogens with zero attached hydrogens (tertiary/aromatic N) is 3. The molecule has 0 aliphatic heterocycles. The van der Waals surface area contributed by atoms with Crippen LogP contribution >= 0.6 is 11.3 Å². The molecule has 0 unspecified atom stereocenters. The summed E-state index contributed by atoms with van der Waals surface area (Å²) in [5.74, 6) is 1.08. The van der Waals surface area contributed by atoms with Gasteiger partial charge in [-0.05, 0) is 42.0 Å². The second-order valence-electron chi connectivity index (χ2n) is 7.42. The van der Waals surface area contributed by atoms with Crippen molar-refractivity contribution in [2.24, 2.45) is 0 Å². The highest BCUT2D eigenvalue weighted by molar-refractivity contribution is 7.18. The zero-order valence-corrected chi connectivity index (χ0v) is 18.6. The molecule has 8 heteroatoms. The van der Waals surface area contributed by atoms with Crippen molar-refractivity contribution in [1.82, 2.24) is 15.1 Å². The van der Waals surface area contributed by atoms with Crippen LogP contribution in [0.1, 0.15) is 32.6 Å². The van der Waals surface area contributed by atoms with E-state index in [4.69, 9.17) is 9.26 Å². The molecule has 0 fully saturated rings. The minimum Gasteiger partial charge on any atom is -0.485 e. The van der Waals surface area contributed by atoms with Crippen LogP contribution in [-0.2, 0) is 13.0 Å². The normalized spacial score (nSPS) is 10.9. The summed E-state index contributed by atoms with van der Waals surface area (Å²) in [7, 11) is 0. The average Bonchev–Trinajstić information content (AvgIpc) is 3.44. The molecule has 7 nitrogen and oxygen atoms in total. The second kappa shape index (κ2) is 9.22. The second-order valence-corrected chi connectivity index (χ2v) is 8.53. The number of hydrogen-bond acceptors (Lipinski definition) is 7. The van der Waals surface area contributed by atoms with Crippen LogP contribution in [0.4, 0.5) is 5.69 Å². The number of thiazole rings is 1. The highest BCUT2D eigenvalue weighted by Crippen LogP contribution is 2.25. The largest absolute Gasteiger partial charge is 0.485 e. The smallest absolute Gasteiger partial charge is 0.259 e. The molecular formula is C25H20N4O3S. The van der Waals surface area contributed by atoms with Crippen molar-refractivity contribution in [3.8, 4) is 5.75 Å². The van der Waals surface area contributed by atoms with E-state index in [-0.39, 0.29) is 12.5 Å². The molecule has 0 aliphatic carbocycles. The fraction of sp³-hybridized carbons (Fsp3) is 0.120. The third-order valence-corrected chi connectivity index (χ3v) is 6.00. The van der Waals surface area contributed by atoms with Gasteiger partial charge in [-0.25, -0.2) is 4.98 Å². The number of para-hydroxylation sites is 2. The molecule has 0 aliphatic rings. The van der Waals surface area contributed by atoms with Gasteiger partial charge in [-0.1, -0.05) is 41.6 Å². The summed E-state index contributed by atoms with van der Waals surface area (Å²) in [4.78, 5) is 21.7. The monoisotopic (exact) mass is 456 g/mol. The Hall–Kier alpha value is -4.04. The Morgan fingerprint density at radius 1 is 1.00 bits per heavy atom. The fourth-order valence-electron chi connectivity index (χ4n) is 3.40. The van der Waals surface area contributed by atoms with Crippen LogP contribution in [-0.4, -0.2) is 21.0 Å². The Bertz CT molecular complexity index is 1380. The Morgan fingerprint density at radius 2 is 1.79 bits per heavy atom. The van der Waals surface area contributed by atoms with Crippen molar-refractivity contribution >= 4 is 33.1 Å². The van der Waals surface area contributed by atoms with Crippen LogP contribution in [0.2, 0.25) is 0 Å². The Kier molecular flexibility index (Phi) is 5.82. The summed E-state index contributed by atoms with van der Waals surface area (Å²) in [6.45, 7) is 1.82. The van der Waals surface area contributed by atoms with Gasteiger partial charge in [-0.15, -0.1) is 11.3 Å². The average molecular weight is 457 g/mol. The molecule has 1 amide bonds. The van der Waals surface area contributed by atoms with Gasteiger partial charge in [0.1, 0.15) is 5.75 Å². The fourth-order valence-corrected chi connectivity index (χ4v) is 4.40. The van der Waals surface area contributed by atoms with Gasteiger partial charge < -0.3 is 14.6 Å². The number of hydrogen-bond donors (Lipinski definition) is 1. The van der Waals surface area contributed by atoms with Crippen molar-refractivity contribution in [2.45, 2.75) is 20.0 Å². The van der Waals surface area contributed by atoms with E-state index in [1.54, 1.807) is 36.5 Å². The molecule has 164 valence electrons. The van der Waals surface area contributed by atoms with Crippen LogP contribution < -0.4 is 10.1 Å². The highest BCUT2D eigenvalue weighted by atomic mass is 32.1. The van der Waals surface area contributed by atoms with E-state index in [9.17, 15) is 4.79 Å². The minimum absolute atomic E-state index is 0.113. The highest BCUT2D eigenvalue weighted by Gasteiger charge is 2.14. The van der Waals surface area contributed by atoms with E-state index >= 15 is 0 Å². The van der Waals surface area contributed by atoms with Crippen LogP contribution in [0.15, 0.2) is 77.3 Å². The number of amides is 1. The Labute approximate surface area is 194 Å². The van der Waals surface area contributed by atoms with Crippen LogP contribution in [0.3, 0.4) is 0 Å². The first-order valence-corrected chi connectivity index (χ1v) is 11.2. The first kappa shape index (κ1) is 20.8. The molecule has 1 N–H and O–H groups in total. The predicted octanol–water partition coefficient (Wildman–Crippen LogP) is 5.41. The number of benzene rings is 3. The third-order valence-electron chi connectivity index (χ3n) is 4.96. The van der Waals surface area contributed by atoms with Crippen molar-refractivity contribution in [2.75, 3.05) is 5.32 Å². The molecule has 2 heterocycles. The lowest BCUT2D eigenvalue weighted by molar-refractivity contribution is 0.102. The first-order chi connectivity index (χ1) is 16.1. The van der Waals surface area contributed by atoms with Crippen molar-refractivity contribution in [1.29, 1.82) is 0 Å². The van der Waals surface area contributed by atoms with Crippen LogP contribution in [0, 0.1) is 6.92 Å². The van der Waals surface area contributed by atoms with Gasteiger partial charge >= 0.3 is 0 Å². The minimum atomic E-state index is -0.256. The summed E-state index contributed by atoms with van der Waals surface area (Å²) >= 11 is 1.70. The summed E-state index contributed by atoms with van der Waals surface area (Å²) in [5.41, 5.74) is 3.29. The number of carbonyl (C=O) groups excluding carboxylic acids is 1. The zero-order valence-electron chi connectivity index (χ0n) is 17.8. The maximum Gasteiger partial charge on any atom is 0.259 e. The molecule has 33 heavy (non-hydrogen) atoms. The van der Waals surface area contributed by atoms with Gasteiger partial charge in [0.05, 0.1) is 20.8 Å². The van der Waals surface area contributed by atoms with Gasteiger partial charge in [-0.2, -0.15) is 4.98 Å². The van der Waals surface area contributed by atoms with Gasteiger partial charge in [0, 0.05) is 19.0 Å². The standard InChI is InChI=1S/C25H20N4O3S/c1-16-26-23(29-32-16)15-31-21-8-4-2-6-19(21)25(30)27-18-12-10-17(11-13-18)14-24-28-20-7-3-5-9-22(20)33-24/h2-13H,14-15H2,1H3,(H,27,30). The van der Waals surface area contributed by atoms with E-state index in [2.05, 4.69) is 26.5 Å². The van der Waals surface area contributed by atoms with Crippen LogP contribution in [0.5, 0.6) is 5.75 Å². The lowest BCUT2D eigenvalue weighted by Crippen LogP contribution is -2.13. The van der Waals surface area contributed by atoms with Gasteiger partial charge in [0.15, 0.2) is 6.61 Å². The summed E-state index contributed by atoms with van der Waals surface area (Å²) in [5, 5.41) is 7.81. The number of ether oxygens (including phenoxy) is 1. The number of rotatable bonds is 7. The van der Waals surface area contributed by atoms with Crippen molar-refractivity contribution in [3.05, 3.63) is 101 Å². The molecule has 5 rings (SSSR count). The quantitative estimate of drug-likeness (QED) is 0.352. The molecule has 2 aromatic heterocycles. The topological polar surface area (TPSA) is 90.1 Å². The maximum atomic E-state index is 12.9. The number of aromatic nitrogens is 3. The number of fused-ring (bicyclic) bond motifs is 1. The zero-order chi connectivity index (χ0) is 22.6. The van der Waals surface area contributed by atoms with E-state index in [1.807, 2.05) is 48.5 Å². The third kappa shape index (κ3) is 4.91. The van der Waals surface area contributed by atoms with Gasteiger partial charge in [-0.3, -0.25) is 4.79 Å². The number of anilines is 1. The van der Waals surface area contributed by atoms with E-state index < -0.39 is 0 Å². The van der Waals surface area contributed by atoms with E-state index in [1.165, 1.54) is 4.70 Å². The SMILES string of the molecule is Cc1nc(COc2ccccc2C(=O)Nc2ccc(Cc3nc4ccccc4s3)cc2)no1. The number of nitrogens with one attached hydrogen (secondary N) is 1. The van der Waals surface area contributed by atoms with Gasteiger partial charge in [0.2, 0.25) is 11.7 Å². The van der Waals surface area contributed by atoms with Gasteiger partial charge in [0.25, 0.3) is 5.91 Å². The lowest BCUT2D eigenvalue weighted by Gasteiger charge is -2.11. The Morgan fingerprint density at radius 3 is 2.58 bits per heavy atom. The van der Waals surface area contributed by atoms with E-state index in [0.29, 0.717) is 28.7 Å². The molecule has 5 aromatic rings. The predicted molar refractivity (Wildman–Crippen MR) is 127 cm³/mol. The number of aryl methyl sites for hydroxylation is 1. The molecule has 0 spiro atoms. The molecule has 0 saturated heterocycles. The first-order valence-electron chi connectivity index (χ1n) is 10.4. The van der Waals surface area contributed by atoms with E-state index in [0.717, 1.165) is 22.5 Å². The summed E-state index contributed by atoms with van der Waals surface area (Å²) in [6.07, 6.45) is 0.750. The summed E-state index contributed by atoms with van der Waals surface area (Å²) < 4.78 is 11.9. The molecule has 0 saturated carbocycles. The molecular weight excluding hydrogens is 436 g/mol. The maximum absolute atomic E-state index is 12.9. The lowest BCUT2D eigenvalue weighted by atomic mass is 10.1. The molecule has 0 atom stereocenters. The van der Waals surface area contributed by atoms with Crippen molar-refractivity contribution in [3.63, 3.8) is 0 Å². The number of carbonyl (C=O) groups is 1. The van der Waals surface area contributed by atoms with Crippen LogP contribution in [0.25, 0.3) is 10.2 Å². The molecule has 3 aromatic carbocycles. The summed E-state index contributed by atoms with van der Waals surface area (Å²) in [6, 6.07) is 23.0. The Balaban J connectivity index is 1.24. The van der Waals surface area contributed by atoms with Crippen molar-refractivity contribution < 1.29 is 14.1 Å². The molecule has 0 bridgehead atoms. The molecule has 0 radical (unpaired) electrons.